The van der Waals surface area contributed by atoms with Gasteiger partial charge in [-0.25, -0.2) is 8.42 Å². The van der Waals surface area contributed by atoms with Crippen LogP contribution in [0.4, 0.5) is 5.69 Å². The summed E-state index contributed by atoms with van der Waals surface area (Å²) in [6, 6.07) is 8.23. The number of piperazine rings is 1. The van der Waals surface area contributed by atoms with Crippen molar-refractivity contribution in [2.45, 2.75) is 25.8 Å². The molecular weight excluding hydrogens is 402 g/mol. The third kappa shape index (κ3) is 6.77. The molecule has 30 heavy (non-hydrogen) atoms. The van der Waals surface area contributed by atoms with Gasteiger partial charge in [-0.2, -0.15) is 0 Å². The van der Waals surface area contributed by atoms with Gasteiger partial charge in [0.2, 0.25) is 0 Å². The average Bonchev–Trinajstić information content (AvgIpc) is 3.10. The number of ether oxygens (including phenoxy) is 1. The second-order valence-corrected chi connectivity index (χ2v) is 10.1. The molecule has 0 aliphatic carbocycles. The fraction of sp³-hybridized carbons (Fsp3) is 0.667. The number of guanidine groups is 1. The zero-order chi connectivity index (χ0) is 21.4. The lowest BCUT2D eigenvalue weighted by molar-refractivity contribution is 0.256. The van der Waals surface area contributed by atoms with E-state index in [1.165, 1.54) is 5.69 Å². The first kappa shape index (κ1) is 22.7. The van der Waals surface area contributed by atoms with Crippen molar-refractivity contribution in [3.63, 3.8) is 0 Å². The van der Waals surface area contributed by atoms with E-state index < -0.39 is 9.84 Å². The van der Waals surface area contributed by atoms with Gasteiger partial charge in [-0.3, -0.25) is 9.89 Å². The summed E-state index contributed by atoms with van der Waals surface area (Å²) in [6.07, 6.45) is 1.65. The lowest BCUT2D eigenvalue weighted by atomic mass is 10.2. The van der Waals surface area contributed by atoms with Gasteiger partial charge in [0.15, 0.2) is 15.8 Å². The first-order chi connectivity index (χ1) is 14.5. The van der Waals surface area contributed by atoms with E-state index in [0.29, 0.717) is 6.42 Å². The fourth-order valence-electron chi connectivity index (χ4n) is 3.93. The smallest absolute Gasteiger partial charge is 0.191 e. The Balaban J connectivity index is 1.38. The molecule has 2 N–H and O–H groups in total. The normalized spacial score (nSPS) is 22.1. The molecule has 3 rings (SSSR count). The minimum Gasteiger partial charge on any atom is -0.497 e. The number of rotatable bonds is 8. The molecule has 2 heterocycles. The molecule has 0 bridgehead atoms. The summed E-state index contributed by atoms with van der Waals surface area (Å²) < 4.78 is 28.5. The molecule has 1 atom stereocenters. The second-order valence-electron chi connectivity index (χ2n) is 7.89. The number of hydrogen-bond acceptors (Lipinski definition) is 6. The summed E-state index contributed by atoms with van der Waals surface area (Å²) in [5, 5.41) is 6.50. The van der Waals surface area contributed by atoms with Gasteiger partial charge in [-0.05, 0) is 44.0 Å². The van der Waals surface area contributed by atoms with Crippen LogP contribution in [0.1, 0.15) is 19.8 Å². The molecule has 0 radical (unpaired) electrons. The van der Waals surface area contributed by atoms with E-state index in [4.69, 9.17) is 4.74 Å². The number of hydrogen-bond donors (Lipinski definition) is 2. The van der Waals surface area contributed by atoms with Crippen LogP contribution in [0.5, 0.6) is 5.75 Å². The molecule has 2 aliphatic rings. The molecule has 0 aromatic heterocycles. The molecule has 0 spiro atoms. The van der Waals surface area contributed by atoms with E-state index in [1.807, 2.05) is 19.1 Å². The van der Waals surface area contributed by atoms with E-state index in [1.54, 1.807) is 7.11 Å². The van der Waals surface area contributed by atoms with E-state index in [2.05, 4.69) is 37.6 Å². The summed E-state index contributed by atoms with van der Waals surface area (Å²) in [5.74, 6) is 2.09. The molecule has 1 aromatic rings. The first-order valence-electron chi connectivity index (χ1n) is 10.9. The third-order valence-electron chi connectivity index (χ3n) is 5.63. The van der Waals surface area contributed by atoms with Crippen LogP contribution in [0.3, 0.4) is 0 Å². The zero-order valence-electron chi connectivity index (χ0n) is 18.1. The van der Waals surface area contributed by atoms with Gasteiger partial charge in [-0.15, -0.1) is 0 Å². The Morgan fingerprint density at radius 1 is 1.20 bits per heavy atom. The standard InChI is InChI=1S/C21H35N5O3S/c1-3-22-21(24-18-9-16-30(27,28)17-18)23-10-4-11-25-12-14-26(15-13-25)19-5-7-20(29-2)8-6-19/h5-8,18H,3-4,9-17H2,1-2H3,(H2,22,23,24). The maximum atomic E-state index is 11.6. The Labute approximate surface area is 180 Å². The van der Waals surface area contributed by atoms with Crippen molar-refractivity contribution < 1.29 is 13.2 Å². The number of nitrogens with one attached hydrogen (secondary N) is 2. The average molecular weight is 438 g/mol. The Hall–Kier alpha value is -2.00. The maximum Gasteiger partial charge on any atom is 0.191 e. The lowest BCUT2D eigenvalue weighted by Crippen LogP contribution is -2.46. The van der Waals surface area contributed by atoms with Crippen molar-refractivity contribution in [2.75, 3.05) is 69.3 Å². The van der Waals surface area contributed by atoms with Crippen LogP contribution in [0.2, 0.25) is 0 Å². The van der Waals surface area contributed by atoms with Crippen LogP contribution in [-0.2, 0) is 9.84 Å². The van der Waals surface area contributed by atoms with Gasteiger partial charge < -0.3 is 20.3 Å². The van der Waals surface area contributed by atoms with Crippen molar-refractivity contribution in [1.29, 1.82) is 0 Å². The van der Waals surface area contributed by atoms with Gasteiger partial charge in [0, 0.05) is 57.5 Å². The monoisotopic (exact) mass is 437 g/mol. The predicted octanol–water partition coefficient (Wildman–Crippen LogP) is 0.950. The van der Waals surface area contributed by atoms with Gasteiger partial charge in [-0.1, -0.05) is 0 Å². The Morgan fingerprint density at radius 2 is 1.93 bits per heavy atom. The number of sulfone groups is 1. The van der Waals surface area contributed by atoms with Crippen LogP contribution >= 0.6 is 0 Å². The lowest BCUT2D eigenvalue weighted by Gasteiger charge is -2.36. The number of aliphatic imine (C=N–C) groups is 1. The predicted molar refractivity (Wildman–Crippen MR) is 122 cm³/mol. The number of methoxy groups -OCH3 is 1. The Morgan fingerprint density at radius 3 is 2.53 bits per heavy atom. The molecule has 9 heteroatoms. The fourth-order valence-corrected chi connectivity index (χ4v) is 5.60. The maximum absolute atomic E-state index is 11.6. The van der Waals surface area contributed by atoms with E-state index in [0.717, 1.165) is 63.9 Å². The van der Waals surface area contributed by atoms with Crippen LogP contribution in [0.15, 0.2) is 29.3 Å². The molecule has 1 aromatic carbocycles. The zero-order valence-corrected chi connectivity index (χ0v) is 19.0. The van der Waals surface area contributed by atoms with Gasteiger partial charge in [0.05, 0.1) is 18.6 Å². The first-order valence-corrected chi connectivity index (χ1v) is 12.7. The summed E-state index contributed by atoms with van der Waals surface area (Å²) in [4.78, 5) is 9.54. The van der Waals surface area contributed by atoms with Crippen LogP contribution in [-0.4, -0.2) is 89.7 Å². The van der Waals surface area contributed by atoms with Crippen molar-refractivity contribution in [3.05, 3.63) is 24.3 Å². The van der Waals surface area contributed by atoms with E-state index in [-0.39, 0.29) is 17.5 Å². The quantitative estimate of drug-likeness (QED) is 0.356. The summed E-state index contributed by atoms with van der Waals surface area (Å²) in [7, 11) is -1.20. The highest BCUT2D eigenvalue weighted by molar-refractivity contribution is 7.91. The van der Waals surface area contributed by atoms with Crippen molar-refractivity contribution in [1.82, 2.24) is 15.5 Å². The molecule has 8 nitrogen and oxygen atoms in total. The topological polar surface area (TPSA) is 86.3 Å². The Kier molecular flexibility index (Phi) is 8.21. The molecule has 2 saturated heterocycles. The minimum absolute atomic E-state index is 0.0289. The SMILES string of the molecule is CCNC(=NCCCN1CCN(c2ccc(OC)cc2)CC1)NC1CCS(=O)(=O)C1. The number of benzene rings is 1. The minimum atomic E-state index is -2.89. The van der Waals surface area contributed by atoms with Gasteiger partial charge >= 0.3 is 0 Å². The molecule has 1 unspecified atom stereocenters. The highest BCUT2D eigenvalue weighted by Crippen LogP contribution is 2.20. The largest absolute Gasteiger partial charge is 0.497 e. The van der Waals surface area contributed by atoms with Crippen LogP contribution < -0.4 is 20.3 Å². The van der Waals surface area contributed by atoms with Crippen molar-refractivity contribution >= 4 is 21.5 Å². The highest BCUT2D eigenvalue weighted by atomic mass is 32.2. The molecule has 168 valence electrons. The molecule has 2 aliphatic heterocycles. The van der Waals surface area contributed by atoms with Gasteiger partial charge in [0.1, 0.15) is 5.75 Å². The van der Waals surface area contributed by atoms with Crippen molar-refractivity contribution in [3.8, 4) is 5.75 Å². The molecule has 0 saturated carbocycles. The highest BCUT2D eigenvalue weighted by Gasteiger charge is 2.28. The van der Waals surface area contributed by atoms with Gasteiger partial charge in [0.25, 0.3) is 0 Å². The van der Waals surface area contributed by atoms with E-state index in [9.17, 15) is 8.42 Å². The molecular formula is C21H35N5O3S. The Bertz CT molecular complexity index is 789. The molecule has 0 amide bonds. The molecule has 2 fully saturated rings. The summed E-state index contributed by atoms with van der Waals surface area (Å²) in [6.45, 7) is 8.68. The summed E-state index contributed by atoms with van der Waals surface area (Å²) in [5.41, 5.74) is 1.25. The second kappa shape index (κ2) is 10.9. The van der Waals surface area contributed by atoms with Crippen LogP contribution in [0, 0.1) is 0 Å². The van der Waals surface area contributed by atoms with Crippen molar-refractivity contribution in [2.24, 2.45) is 4.99 Å². The van der Waals surface area contributed by atoms with Crippen LogP contribution in [0.25, 0.3) is 0 Å². The third-order valence-corrected chi connectivity index (χ3v) is 7.40. The number of nitrogens with zero attached hydrogens (tertiary/aromatic N) is 3. The summed E-state index contributed by atoms with van der Waals surface area (Å²) >= 11 is 0. The van der Waals surface area contributed by atoms with E-state index >= 15 is 0 Å². The number of anilines is 1.